The van der Waals surface area contributed by atoms with E-state index < -0.39 is 10.0 Å². The SMILES string of the molecule is CC1CN(C)CCN1S(=O)(=O)c1ccc(CCl)cc1. The third-order valence-corrected chi connectivity index (χ3v) is 5.79. The van der Waals surface area contributed by atoms with Gasteiger partial charge in [0.1, 0.15) is 0 Å². The minimum Gasteiger partial charge on any atom is -0.303 e. The molecule has 0 radical (unpaired) electrons. The predicted octanol–water partition coefficient (Wildman–Crippen LogP) is 1.75. The average Bonchev–Trinajstić information content (AvgIpc) is 2.38. The van der Waals surface area contributed by atoms with E-state index in [2.05, 4.69) is 4.90 Å². The molecule has 1 unspecified atom stereocenters. The van der Waals surface area contributed by atoms with Crippen LogP contribution < -0.4 is 0 Å². The van der Waals surface area contributed by atoms with Gasteiger partial charge in [0.25, 0.3) is 0 Å². The number of sulfonamides is 1. The normalized spacial score (nSPS) is 22.6. The number of benzene rings is 1. The van der Waals surface area contributed by atoms with Crippen LogP contribution in [0.1, 0.15) is 12.5 Å². The third-order valence-electron chi connectivity index (χ3n) is 3.45. The number of piperazine rings is 1. The molecule has 1 aliphatic heterocycles. The molecule has 0 N–H and O–H groups in total. The number of likely N-dealkylation sites (N-methyl/N-ethyl adjacent to an activating group) is 1. The molecular formula is C13H19ClN2O2S. The second-order valence-corrected chi connectivity index (χ2v) is 7.16. The maximum Gasteiger partial charge on any atom is 0.243 e. The van der Waals surface area contributed by atoms with Crippen LogP contribution in [0.25, 0.3) is 0 Å². The molecule has 1 saturated heterocycles. The topological polar surface area (TPSA) is 40.6 Å². The predicted molar refractivity (Wildman–Crippen MR) is 76.8 cm³/mol. The van der Waals surface area contributed by atoms with Gasteiger partial charge in [-0.15, -0.1) is 11.6 Å². The van der Waals surface area contributed by atoms with Gasteiger partial charge in [0.15, 0.2) is 0 Å². The smallest absolute Gasteiger partial charge is 0.243 e. The van der Waals surface area contributed by atoms with Crippen molar-refractivity contribution in [3.8, 4) is 0 Å². The van der Waals surface area contributed by atoms with Gasteiger partial charge in [0.2, 0.25) is 10.0 Å². The molecule has 4 nitrogen and oxygen atoms in total. The number of halogens is 1. The Morgan fingerprint density at radius 1 is 1.26 bits per heavy atom. The molecule has 1 aliphatic rings. The third kappa shape index (κ3) is 3.11. The Balaban J connectivity index is 2.26. The molecule has 19 heavy (non-hydrogen) atoms. The molecule has 0 aliphatic carbocycles. The Bertz CT molecular complexity index is 530. The van der Waals surface area contributed by atoms with E-state index in [1.54, 1.807) is 28.6 Å². The summed E-state index contributed by atoms with van der Waals surface area (Å²) in [6.45, 7) is 4.01. The molecule has 1 fully saturated rings. The fraction of sp³-hybridized carbons (Fsp3) is 0.538. The van der Waals surface area contributed by atoms with Crippen molar-refractivity contribution in [2.75, 3.05) is 26.7 Å². The van der Waals surface area contributed by atoms with Crippen LogP contribution in [0.3, 0.4) is 0 Å². The molecule has 106 valence electrons. The summed E-state index contributed by atoms with van der Waals surface area (Å²) in [5.74, 6) is 0.394. The Labute approximate surface area is 120 Å². The van der Waals surface area contributed by atoms with E-state index in [1.807, 2.05) is 14.0 Å². The monoisotopic (exact) mass is 302 g/mol. The van der Waals surface area contributed by atoms with Gasteiger partial charge >= 0.3 is 0 Å². The quantitative estimate of drug-likeness (QED) is 0.799. The lowest BCUT2D eigenvalue weighted by Crippen LogP contribution is -2.52. The van der Waals surface area contributed by atoms with Crippen molar-refractivity contribution in [2.24, 2.45) is 0 Å². The molecule has 1 aromatic rings. The number of hydrogen-bond acceptors (Lipinski definition) is 3. The van der Waals surface area contributed by atoms with Gasteiger partial charge in [0, 0.05) is 31.6 Å². The summed E-state index contributed by atoms with van der Waals surface area (Å²) in [5.41, 5.74) is 0.923. The van der Waals surface area contributed by atoms with Crippen LogP contribution in [0.15, 0.2) is 29.2 Å². The summed E-state index contributed by atoms with van der Waals surface area (Å²) in [6, 6.07) is 6.80. The van der Waals surface area contributed by atoms with Crippen LogP contribution in [0.2, 0.25) is 0 Å². The van der Waals surface area contributed by atoms with Crippen molar-refractivity contribution in [3.05, 3.63) is 29.8 Å². The van der Waals surface area contributed by atoms with Crippen molar-refractivity contribution < 1.29 is 8.42 Å². The number of hydrogen-bond donors (Lipinski definition) is 0. The lowest BCUT2D eigenvalue weighted by atomic mass is 10.2. The van der Waals surface area contributed by atoms with Gasteiger partial charge in [-0.25, -0.2) is 8.42 Å². The lowest BCUT2D eigenvalue weighted by Gasteiger charge is -2.37. The number of rotatable bonds is 3. The van der Waals surface area contributed by atoms with E-state index in [-0.39, 0.29) is 6.04 Å². The molecule has 2 rings (SSSR count). The first-order valence-corrected chi connectivity index (χ1v) is 8.28. The summed E-state index contributed by atoms with van der Waals surface area (Å²) < 4.78 is 26.7. The van der Waals surface area contributed by atoms with Gasteiger partial charge in [-0.2, -0.15) is 4.31 Å². The van der Waals surface area contributed by atoms with Crippen LogP contribution in [0.5, 0.6) is 0 Å². The highest BCUT2D eigenvalue weighted by Gasteiger charge is 2.32. The van der Waals surface area contributed by atoms with Crippen molar-refractivity contribution in [1.82, 2.24) is 9.21 Å². The maximum absolute atomic E-state index is 12.6. The van der Waals surface area contributed by atoms with E-state index in [0.717, 1.165) is 18.7 Å². The number of nitrogens with zero attached hydrogens (tertiary/aromatic N) is 2. The highest BCUT2D eigenvalue weighted by molar-refractivity contribution is 7.89. The van der Waals surface area contributed by atoms with Gasteiger partial charge in [0.05, 0.1) is 4.90 Å². The maximum atomic E-state index is 12.6. The molecular weight excluding hydrogens is 284 g/mol. The minimum atomic E-state index is -3.40. The lowest BCUT2D eigenvalue weighted by molar-refractivity contribution is 0.170. The van der Waals surface area contributed by atoms with Gasteiger partial charge in [-0.3, -0.25) is 0 Å². The van der Waals surface area contributed by atoms with E-state index in [4.69, 9.17) is 11.6 Å². The molecule has 1 heterocycles. The van der Waals surface area contributed by atoms with Crippen LogP contribution in [-0.2, 0) is 15.9 Å². The van der Waals surface area contributed by atoms with Crippen molar-refractivity contribution in [2.45, 2.75) is 23.7 Å². The first-order valence-electron chi connectivity index (χ1n) is 6.30. The highest BCUT2D eigenvalue weighted by atomic mass is 35.5. The molecule has 0 saturated carbocycles. The molecule has 6 heteroatoms. The Kier molecular flexibility index (Phi) is 4.50. The van der Waals surface area contributed by atoms with Crippen molar-refractivity contribution in [1.29, 1.82) is 0 Å². The number of alkyl halides is 1. The molecule has 0 aromatic heterocycles. The fourth-order valence-electron chi connectivity index (χ4n) is 2.37. The fourth-order valence-corrected chi connectivity index (χ4v) is 4.16. The van der Waals surface area contributed by atoms with Gasteiger partial charge in [-0.1, -0.05) is 12.1 Å². The van der Waals surface area contributed by atoms with E-state index in [1.165, 1.54) is 0 Å². The molecule has 0 spiro atoms. The highest BCUT2D eigenvalue weighted by Crippen LogP contribution is 2.21. The summed E-state index contributed by atoms with van der Waals surface area (Å²) >= 11 is 5.72. The van der Waals surface area contributed by atoms with E-state index in [0.29, 0.717) is 17.3 Å². The first-order chi connectivity index (χ1) is 8.95. The average molecular weight is 303 g/mol. The largest absolute Gasteiger partial charge is 0.303 e. The second-order valence-electron chi connectivity index (χ2n) is 5.00. The summed E-state index contributed by atoms with van der Waals surface area (Å²) in [6.07, 6.45) is 0. The summed E-state index contributed by atoms with van der Waals surface area (Å²) in [7, 11) is -1.39. The Hall–Kier alpha value is -0.620. The van der Waals surface area contributed by atoms with Crippen LogP contribution >= 0.6 is 11.6 Å². The summed E-state index contributed by atoms with van der Waals surface area (Å²) in [5, 5.41) is 0. The first kappa shape index (κ1) is 14.8. The van der Waals surface area contributed by atoms with Crippen LogP contribution in [-0.4, -0.2) is 50.3 Å². The Morgan fingerprint density at radius 3 is 2.42 bits per heavy atom. The van der Waals surface area contributed by atoms with Crippen LogP contribution in [0, 0.1) is 0 Å². The standard InChI is InChI=1S/C13H19ClN2O2S/c1-11-10-15(2)7-8-16(11)19(17,18)13-5-3-12(9-14)4-6-13/h3-6,11H,7-10H2,1-2H3. The molecule has 1 atom stereocenters. The van der Waals surface area contributed by atoms with E-state index >= 15 is 0 Å². The Morgan fingerprint density at radius 2 is 1.89 bits per heavy atom. The summed E-state index contributed by atoms with van der Waals surface area (Å²) in [4.78, 5) is 2.49. The van der Waals surface area contributed by atoms with Crippen LogP contribution in [0.4, 0.5) is 0 Å². The second kappa shape index (κ2) is 5.79. The van der Waals surface area contributed by atoms with Gasteiger partial charge in [-0.05, 0) is 31.7 Å². The van der Waals surface area contributed by atoms with Gasteiger partial charge < -0.3 is 4.90 Å². The zero-order chi connectivity index (χ0) is 14.0. The van der Waals surface area contributed by atoms with Crippen molar-refractivity contribution in [3.63, 3.8) is 0 Å². The molecule has 1 aromatic carbocycles. The molecule has 0 bridgehead atoms. The van der Waals surface area contributed by atoms with E-state index in [9.17, 15) is 8.42 Å². The van der Waals surface area contributed by atoms with Crippen molar-refractivity contribution >= 4 is 21.6 Å². The minimum absolute atomic E-state index is 0.00328. The zero-order valence-corrected chi connectivity index (χ0v) is 12.8. The zero-order valence-electron chi connectivity index (χ0n) is 11.2. The molecule has 0 amide bonds.